The van der Waals surface area contributed by atoms with Gasteiger partial charge in [-0.05, 0) is 30.3 Å². The largest absolute Gasteiger partial charge is 0.350 e. The minimum absolute atomic E-state index is 0.297. The summed E-state index contributed by atoms with van der Waals surface area (Å²) < 4.78 is 13.5. The number of fused-ring (bicyclic) bond motifs is 1. The van der Waals surface area contributed by atoms with Gasteiger partial charge in [-0.15, -0.1) is 0 Å². The van der Waals surface area contributed by atoms with E-state index in [1.54, 1.807) is 36.5 Å². The molecule has 5 heteroatoms. The van der Waals surface area contributed by atoms with Gasteiger partial charge >= 0.3 is 0 Å². The molecule has 0 atom stereocenters. The molecule has 0 saturated heterocycles. The van der Waals surface area contributed by atoms with Gasteiger partial charge in [0.2, 0.25) is 0 Å². The average Bonchev–Trinajstić information content (AvgIpc) is 2.85. The predicted molar refractivity (Wildman–Crippen MR) is 70.4 cm³/mol. The molecule has 1 aromatic carbocycles. The Morgan fingerprint density at radius 3 is 2.84 bits per heavy atom. The molecule has 4 nitrogen and oxygen atoms in total. The highest BCUT2D eigenvalue weighted by Crippen LogP contribution is 2.19. The van der Waals surface area contributed by atoms with Crippen LogP contribution in [0.2, 0.25) is 0 Å². The Labute approximate surface area is 108 Å². The number of aromatic amines is 1. The molecule has 0 unspecified atom stereocenters. The summed E-state index contributed by atoms with van der Waals surface area (Å²) in [6, 6.07) is 11.4. The number of carbonyl (C=O) groups excluding carboxylic acids is 1. The second-order valence-electron chi connectivity index (χ2n) is 4.05. The number of benzene rings is 1. The maximum atomic E-state index is 13.5. The van der Waals surface area contributed by atoms with Crippen molar-refractivity contribution < 1.29 is 9.18 Å². The molecule has 3 aromatic rings. The van der Waals surface area contributed by atoms with Crippen molar-refractivity contribution >= 4 is 22.6 Å². The molecule has 0 bridgehead atoms. The second kappa shape index (κ2) is 4.53. The van der Waals surface area contributed by atoms with E-state index >= 15 is 0 Å². The van der Waals surface area contributed by atoms with Crippen molar-refractivity contribution in [2.45, 2.75) is 0 Å². The number of hydrogen-bond acceptors (Lipinski definition) is 2. The van der Waals surface area contributed by atoms with Crippen molar-refractivity contribution in [1.82, 2.24) is 9.97 Å². The van der Waals surface area contributed by atoms with Crippen LogP contribution < -0.4 is 5.32 Å². The normalized spacial score (nSPS) is 10.6. The molecule has 94 valence electrons. The third-order valence-corrected chi connectivity index (χ3v) is 2.76. The highest BCUT2D eigenvalue weighted by atomic mass is 19.1. The molecule has 2 aromatic heterocycles. The van der Waals surface area contributed by atoms with Gasteiger partial charge in [0.15, 0.2) is 0 Å². The summed E-state index contributed by atoms with van der Waals surface area (Å²) in [5.41, 5.74) is 0.886. The number of nitrogens with one attached hydrogen (secondary N) is 2. The zero-order chi connectivity index (χ0) is 13.2. The van der Waals surface area contributed by atoms with E-state index in [0.29, 0.717) is 22.4 Å². The molecule has 0 radical (unpaired) electrons. The van der Waals surface area contributed by atoms with E-state index in [-0.39, 0.29) is 11.7 Å². The van der Waals surface area contributed by atoms with Gasteiger partial charge in [0, 0.05) is 17.1 Å². The van der Waals surface area contributed by atoms with Crippen LogP contribution in [-0.4, -0.2) is 15.9 Å². The lowest BCUT2D eigenvalue weighted by atomic mass is 10.2. The Hall–Kier alpha value is -2.69. The molecule has 0 spiro atoms. The number of aromatic nitrogens is 2. The van der Waals surface area contributed by atoms with Gasteiger partial charge in [-0.2, -0.15) is 0 Å². The number of carbonyl (C=O) groups is 1. The van der Waals surface area contributed by atoms with Gasteiger partial charge in [0.25, 0.3) is 5.91 Å². The Kier molecular flexibility index (Phi) is 2.72. The van der Waals surface area contributed by atoms with E-state index in [9.17, 15) is 9.18 Å². The van der Waals surface area contributed by atoms with Gasteiger partial charge in [-0.25, -0.2) is 9.37 Å². The fourth-order valence-corrected chi connectivity index (χ4v) is 1.86. The number of hydrogen-bond donors (Lipinski definition) is 2. The number of amides is 1. The fourth-order valence-electron chi connectivity index (χ4n) is 1.86. The van der Waals surface area contributed by atoms with Gasteiger partial charge < -0.3 is 10.3 Å². The first-order valence-electron chi connectivity index (χ1n) is 5.73. The third kappa shape index (κ3) is 2.18. The molecule has 0 aliphatic heterocycles. The summed E-state index contributed by atoms with van der Waals surface area (Å²) >= 11 is 0. The van der Waals surface area contributed by atoms with Crippen molar-refractivity contribution in [3.63, 3.8) is 0 Å². The first kappa shape index (κ1) is 11.4. The van der Waals surface area contributed by atoms with Crippen LogP contribution in [0.15, 0.2) is 48.7 Å². The van der Waals surface area contributed by atoms with E-state index in [1.165, 1.54) is 12.1 Å². The predicted octanol–water partition coefficient (Wildman–Crippen LogP) is 2.95. The summed E-state index contributed by atoms with van der Waals surface area (Å²) in [4.78, 5) is 18.9. The van der Waals surface area contributed by atoms with Crippen LogP contribution in [0.1, 0.15) is 10.5 Å². The molecule has 0 aliphatic rings. The first-order valence-corrected chi connectivity index (χ1v) is 5.73. The third-order valence-electron chi connectivity index (χ3n) is 2.76. The number of halogens is 1. The second-order valence-corrected chi connectivity index (χ2v) is 4.05. The number of anilines is 1. The lowest BCUT2D eigenvalue weighted by molar-refractivity contribution is 0.102. The number of nitrogens with zero attached hydrogens (tertiary/aromatic N) is 1. The van der Waals surface area contributed by atoms with Gasteiger partial charge in [-0.1, -0.05) is 12.1 Å². The summed E-state index contributed by atoms with van der Waals surface area (Å²) in [5.74, 6) is -0.258. The number of H-pyrrole nitrogens is 1. The van der Waals surface area contributed by atoms with E-state index < -0.39 is 0 Å². The van der Waals surface area contributed by atoms with Crippen LogP contribution in [0, 0.1) is 5.82 Å². The monoisotopic (exact) mass is 255 g/mol. The van der Waals surface area contributed by atoms with Crippen LogP contribution >= 0.6 is 0 Å². The molecular weight excluding hydrogens is 245 g/mol. The molecule has 0 saturated carbocycles. The molecule has 2 heterocycles. The van der Waals surface area contributed by atoms with Crippen molar-refractivity contribution in [3.05, 3.63) is 60.2 Å². The molecule has 19 heavy (non-hydrogen) atoms. The zero-order valence-corrected chi connectivity index (χ0v) is 9.85. The van der Waals surface area contributed by atoms with Gasteiger partial charge in [-0.3, -0.25) is 4.79 Å². The van der Waals surface area contributed by atoms with Crippen LogP contribution in [0.25, 0.3) is 10.9 Å². The molecule has 1 amide bonds. The quantitative estimate of drug-likeness (QED) is 0.739. The van der Waals surface area contributed by atoms with E-state index in [0.717, 1.165) is 0 Å². The Bertz CT molecular complexity index is 737. The first-order chi connectivity index (χ1) is 9.24. The molecular formula is C14H10FN3O. The SMILES string of the molecule is O=C(Nc1ccccn1)c1cc2c(F)cccc2[nH]1. The van der Waals surface area contributed by atoms with Crippen molar-refractivity contribution in [2.24, 2.45) is 0 Å². The highest BCUT2D eigenvalue weighted by molar-refractivity contribution is 6.05. The Balaban J connectivity index is 1.92. The molecule has 2 N–H and O–H groups in total. The minimum Gasteiger partial charge on any atom is -0.350 e. The van der Waals surface area contributed by atoms with E-state index in [1.807, 2.05) is 0 Å². The molecule has 3 rings (SSSR count). The lowest BCUT2D eigenvalue weighted by Crippen LogP contribution is -2.12. The lowest BCUT2D eigenvalue weighted by Gasteiger charge is -2.01. The highest BCUT2D eigenvalue weighted by Gasteiger charge is 2.11. The summed E-state index contributed by atoms with van der Waals surface area (Å²) in [6.45, 7) is 0. The number of rotatable bonds is 2. The smallest absolute Gasteiger partial charge is 0.273 e. The van der Waals surface area contributed by atoms with Crippen LogP contribution in [0.5, 0.6) is 0 Å². The van der Waals surface area contributed by atoms with Gasteiger partial charge in [0.05, 0.1) is 0 Å². The topological polar surface area (TPSA) is 57.8 Å². The van der Waals surface area contributed by atoms with Crippen molar-refractivity contribution in [3.8, 4) is 0 Å². The van der Waals surface area contributed by atoms with E-state index in [2.05, 4.69) is 15.3 Å². The van der Waals surface area contributed by atoms with Crippen LogP contribution in [0.3, 0.4) is 0 Å². The van der Waals surface area contributed by atoms with Gasteiger partial charge in [0.1, 0.15) is 17.3 Å². The average molecular weight is 255 g/mol. The minimum atomic E-state index is -0.356. The molecule has 0 fully saturated rings. The van der Waals surface area contributed by atoms with E-state index in [4.69, 9.17) is 0 Å². The molecule has 0 aliphatic carbocycles. The Morgan fingerprint density at radius 2 is 2.11 bits per heavy atom. The maximum Gasteiger partial charge on any atom is 0.273 e. The fraction of sp³-hybridized carbons (Fsp3) is 0. The Morgan fingerprint density at radius 1 is 1.21 bits per heavy atom. The number of pyridine rings is 1. The standard InChI is InChI=1S/C14H10FN3O/c15-10-4-3-5-11-9(10)8-12(17-11)14(19)18-13-6-1-2-7-16-13/h1-8,17H,(H,16,18,19). The van der Waals surface area contributed by atoms with Crippen LogP contribution in [0.4, 0.5) is 10.2 Å². The zero-order valence-electron chi connectivity index (χ0n) is 9.85. The summed E-state index contributed by atoms with van der Waals surface area (Å²) in [6.07, 6.45) is 1.58. The van der Waals surface area contributed by atoms with Crippen LogP contribution in [-0.2, 0) is 0 Å². The summed E-state index contributed by atoms with van der Waals surface area (Å²) in [5, 5.41) is 3.03. The summed E-state index contributed by atoms with van der Waals surface area (Å²) in [7, 11) is 0. The maximum absolute atomic E-state index is 13.5. The van der Waals surface area contributed by atoms with Crippen molar-refractivity contribution in [2.75, 3.05) is 5.32 Å². The van der Waals surface area contributed by atoms with Crippen molar-refractivity contribution in [1.29, 1.82) is 0 Å².